The largest absolute Gasteiger partial charge is 0.503 e. The lowest BCUT2D eigenvalue weighted by molar-refractivity contribution is -0.129. The molecular formula is C22H23FN2O5. The number of nitrogens with zero attached hydrogens (tertiary/aromatic N) is 2. The molecule has 1 aromatic heterocycles. The topological polar surface area (TPSA) is 83.2 Å². The minimum absolute atomic E-state index is 0.0147. The third-order valence-electron chi connectivity index (χ3n) is 5.43. The summed E-state index contributed by atoms with van der Waals surface area (Å²) in [6.45, 7) is 4.08. The van der Waals surface area contributed by atoms with Crippen molar-refractivity contribution in [1.82, 2.24) is 9.80 Å². The van der Waals surface area contributed by atoms with Crippen molar-refractivity contribution < 1.29 is 28.2 Å². The maximum Gasteiger partial charge on any atom is 0.290 e. The first-order chi connectivity index (χ1) is 14.6. The van der Waals surface area contributed by atoms with Crippen molar-refractivity contribution in [1.29, 1.82) is 0 Å². The molecule has 0 spiro atoms. The fourth-order valence-corrected chi connectivity index (χ4v) is 3.97. The molecule has 8 heteroatoms. The van der Waals surface area contributed by atoms with Crippen LogP contribution < -0.4 is 0 Å². The van der Waals surface area contributed by atoms with E-state index in [9.17, 15) is 19.1 Å². The van der Waals surface area contributed by atoms with E-state index in [0.29, 0.717) is 31.7 Å². The van der Waals surface area contributed by atoms with E-state index in [0.717, 1.165) is 19.6 Å². The molecule has 2 aromatic rings. The van der Waals surface area contributed by atoms with Gasteiger partial charge >= 0.3 is 0 Å². The number of amides is 1. The number of ether oxygens (including phenoxy) is 1. The lowest BCUT2D eigenvalue weighted by Gasteiger charge is -2.30. The van der Waals surface area contributed by atoms with Gasteiger partial charge in [-0.2, -0.15) is 0 Å². The van der Waals surface area contributed by atoms with Gasteiger partial charge < -0.3 is 19.2 Å². The van der Waals surface area contributed by atoms with Crippen LogP contribution in [-0.2, 0) is 9.53 Å². The zero-order chi connectivity index (χ0) is 21.1. The van der Waals surface area contributed by atoms with Gasteiger partial charge in [-0.05, 0) is 36.2 Å². The Balaban J connectivity index is 1.60. The van der Waals surface area contributed by atoms with Crippen LogP contribution in [0.3, 0.4) is 0 Å². The monoisotopic (exact) mass is 414 g/mol. The van der Waals surface area contributed by atoms with Crippen LogP contribution in [0.2, 0.25) is 0 Å². The van der Waals surface area contributed by atoms with E-state index >= 15 is 0 Å². The van der Waals surface area contributed by atoms with Crippen LogP contribution in [0.1, 0.15) is 28.6 Å². The minimum atomic E-state index is -0.879. The van der Waals surface area contributed by atoms with Crippen LogP contribution >= 0.6 is 0 Å². The molecule has 1 saturated heterocycles. The number of aliphatic hydroxyl groups is 1. The van der Waals surface area contributed by atoms with E-state index in [1.54, 1.807) is 12.1 Å². The van der Waals surface area contributed by atoms with Crippen LogP contribution in [0.15, 0.2) is 58.4 Å². The Labute approximate surface area is 173 Å². The first kappa shape index (κ1) is 20.3. The Morgan fingerprint density at radius 1 is 1.17 bits per heavy atom. The van der Waals surface area contributed by atoms with Gasteiger partial charge in [-0.1, -0.05) is 12.1 Å². The van der Waals surface area contributed by atoms with Crippen molar-refractivity contribution in [3.8, 4) is 0 Å². The van der Waals surface area contributed by atoms with E-state index in [1.165, 1.54) is 35.4 Å². The Bertz CT molecular complexity index is 950. The highest BCUT2D eigenvalue weighted by Gasteiger charge is 2.44. The molecule has 0 aliphatic carbocycles. The summed E-state index contributed by atoms with van der Waals surface area (Å²) in [5, 5.41) is 10.6. The second kappa shape index (κ2) is 8.81. The number of hydrogen-bond acceptors (Lipinski definition) is 6. The van der Waals surface area contributed by atoms with Crippen LogP contribution in [0.25, 0.3) is 0 Å². The number of carbonyl (C=O) groups excluding carboxylic acids is 2. The zero-order valence-corrected chi connectivity index (χ0v) is 16.4. The molecule has 158 valence electrons. The van der Waals surface area contributed by atoms with Crippen molar-refractivity contribution in [2.45, 2.75) is 12.5 Å². The highest BCUT2D eigenvalue weighted by molar-refractivity contribution is 6.14. The maximum atomic E-state index is 13.9. The van der Waals surface area contributed by atoms with E-state index in [-0.39, 0.29) is 11.3 Å². The first-order valence-electron chi connectivity index (χ1n) is 9.94. The molecule has 3 heterocycles. The van der Waals surface area contributed by atoms with Crippen molar-refractivity contribution in [3.05, 3.63) is 71.1 Å². The van der Waals surface area contributed by atoms with Gasteiger partial charge in [-0.3, -0.25) is 14.5 Å². The molecule has 4 rings (SSSR count). The lowest BCUT2D eigenvalue weighted by atomic mass is 9.95. The summed E-state index contributed by atoms with van der Waals surface area (Å²) in [6.07, 6.45) is 1.99. The number of halogens is 1. The number of carbonyl (C=O) groups is 2. The molecule has 30 heavy (non-hydrogen) atoms. The van der Waals surface area contributed by atoms with Crippen molar-refractivity contribution in [2.75, 3.05) is 39.4 Å². The molecular weight excluding hydrogens is 391 g/mol. The van der Waals surface area contributed by atoms with Crippen LogP contribution in [-0.4, -0.2) is 66.0 Å². The van der Waals surface area contributed by atoms with Crippen LogP contribution in [0, 0.1) is 5.82 Å². The third kappa shape index (κ3) is 4.01. The number of benzene rings is 1. The van der Waals surface area contributed by atoms with Crippen LogP contribution in [0.5, 0.6) is 0 Å². The van der Waals surface area contributed by atoms with Gasteiger partial charge in [0.1, 0.15) is 5.82 Å². The molecule has 1 amide bonds. The molecule has 7 nitrogen and oxygen atoms in total. The van der Waals surface area contributed by atoms with E-state index in [1.807, 2.05) is 0 Å². The third-order valence-corrected chi connectivity index (χ3v) is 5.43. The predicted molar refractivity (Wildman–Crippen MR) is 105 cm³/mol. The second-order valence-corrected chi connectivity index (χ2v) is 7.33. The summed E-state index contributed by atoms with van der Waals surface area (Å²) in [7, 11) is 0. The number of rotatable bonds is 7. The quantitative estimate of drug-likeness (QED) is 0.702. The highest BCUT2D eigenvalue weighted by atomic mass is 19.1. The number of morpholine rings is 1. The summed E-state index contributed by atoms with van der Waals surface area (Å²) < 4.78 is 24.5. The number of furan rings is 1. The maximum absolute atomic E-state index is 13.9. The first-order valence-corrected chi connectivity index (χ1v) is 9.94. The summed E-state index contributed by atoms with van der Waals surface area (Å²) in [4.78, 5) is 29.5. The molecule has 0 radical (unpaired) electrons. The fraction of sp³-hybridized carbons (Fsp3) is 0.364. The van der Waals surface area contributed by atoms with Crippen molar-refractivity contribution in [2.24, 2.45) is 0 Å². The molecule has 1 atom stereocenters. The predicted octanol–water partition coefficient (Wildman–Crippen LogP) is 2.72. The SMILES string of the molecule is O=C(C1=C(O)C(=O)N(CCCN2CCOCC2)[C@@H]1c1cccc(F)c1)c1ccco1. The van der Waals surface area contributed by atoms with Crippen LogP contribution in [0.4, 0.5) is 4.39 Å². The van der Waals surface area contributed by atoms with Crippen molar-refractivity contribution in [3.63, 3.8) is 0 Å². The Morgan fingerprint density at radius 2 is 1.97 bits per heavy atom. The highest BCUT2D eigenvalue weighted by Crippen LogP contribution is 2.39. The molecule has 0 saturated carbocycles. The number of Topliss-reactive ketones (excluding diaryl/α,β-unsaturated/α-hetero) is 1. The Morgan fingerprint density at radius 3 is 2.67 bits per heavy atom. The Kier molecular flexibility index (Phi) is 5.96. The van der Waals surface area contributed by atoms with Gasteiger partial charge in [0.2, 0.25) is 5.78 Å². The summed E-state index contributed by atoms with van der Waals surface area (Å²) >= 11 is 0. The average Bonchev–Trinajstić information content (AvgIpc) is 3.37. The zero-order valence-electron chi connectivity index (χ0n) is 16.4. The molecule has 0 bridgehead atoms. The normalized spacial score (nSPS) is 20.2. The van der Waals surface area contributed by atoms with Gasteiger partial charge in [-0.15, -0.1) is 0 Å². The second-order valence-electron chi connectivity index (χ2n) is 7.33. The number of aliphatic hydroxyl groups excluding tert-OH is 1. The standard InChI is InChI=1S/C22H23FN2O5/c23-16-5-1-4-15(14-16)19-18(20(26)17-6-2-11-30-17)21(27)22(28)25(19)8-3-7-24-9-12-29-13-10-24/h1-2,4-6,11,14,19,27H,3,7-10,12-13H2/t19-/m1/s1. The summed E-state index contributed by atoms with van der Waals surface area (Å²) in [6, 6.07) is 7.88. The molecule has 1 fully saturated rings. The molecule has 1 N–H and O–H groups in total. The molecule has 1 aromatic carbocycles. The minimum Gasteiger partial charge on any atom is -0.503 e. The smallest absolute Gasteiger partial charge is 0.290 e. The van der Waals surface area contributed by atoms with E-state index in [2.05, 4.69) is 4.90 Å². The molecule has 0 unspecified atom stereocenters. The summed E-state index contributed by atoms with van der Waals surface area (Å²) in [5.74, 6) is -2.31. The van der Waals surface area contributed by atoms with Gasteiger partial charge in [0.15, 0.2) is 11.5 Å². The molecule has 2 aliphatic heterocycles. The van der Waals surface area contributed by atoms with Gasteiger partial charge in [0.25, 0.3) is 5.91 Å². The lowest BCUT2D eigenvalue weighted by Crippen LogP contribution is -2.39. The average molecular weight is 414 g/mol. The van der Waals surface area contributed by atoms with E-state index in [4.69, 9.17) is 9.15 Å². The van der Waals surface area contributed by atoms with E-state index < -0.39 is 29.3 Å². The molecule has 2 aliphatic rings. The number of hydrogen-bond donors (Lipinski definition) is 1. The van der Waals surface area contributed by atoms with Gasteiger partial charge in [0.05, 0.1) is 31.1 Å². The number of ketones is 1. The Hall–Kier alpha value is -2.97. The van der Waals surface area contributed by atoms with Gasteiger partial charge in [0, 0.05) is 26.2 Å². The summed E-state index contributed by atoms with van der Waals surface area (Å²) in [5.41, 5.74) is 0.334. The van der Waals surface area contributed by atoms with Gasteiger partial charge in [-0.25, -0.2) is 4.39 Å². The fourth-order valence-electron chi connectivity index (χ4n) is 3.97. The van der Waals surface area contributed by atoms with Crippen molar-refractivity contribution >= 4 is 11.7 Å².